The molecule has 5 N–H and O–H groups in total. The summed E-state index contributed by atoms with van der Waals surface area (Å²) in [6.45, 7) is 18.5. The minimum atomic E-state index is -1.25. The van der Waals surface area contributed by atoms with Gasteiger partial charge < -0.3 is 77.6 Å². The highest BCUT2D eigenvalue weighted by Crippen LogP contribution is 2.75. The molecule has 0 radical (unpaired) electrons. The van der Waals surface area contributed by atoms with Crippen molar-refractivity contribution < 1.29 is 87.2 Å². The lowest BCUT2D eigenvalue weighted by molar-refractivity contribution is -0.405. The Bertz CT molecular complexity index is 2300. The van der Waals surface area contributed by atoms with Crippen LogP contribution in [0, 0.1) is 63.1 Å². The average molecular weight is 1100 g/mol. The van der Waals surface area contributed by atoms with Crippen LogP contribution in [0.5, 0.6) is 0 Å². The van der Waals surface area contributed by atoms with E-state index in [1.54, 1.807) is 33.5 Å². The number of methoxy groups -OCH3 is 3. The molecule has 4 heterocycles. The number of aliphatic hydroxyl groups is 5. The fourth-order valence-electron chi connectivity index (χ4n) is 20.0. The number of cyclic esters (lactones) is 2. The number of rotatable bonds is 9. The molecule has 20 atom stereocenters. The summed E-state index contributed by atoms with van der Waals surface area (Å²) in [5.41, 5.74) is -4.34. The SMILES string of the molecule is CC1(C)OC[C@@]23C4C(CC[C@]2(O)C[C@@H](O)C[C@H]3O1)[C@@]1(O)CC[C@H](C2=CC(=O)OC2)[C@@]1(C)C[C@H]4O.CCOC.COCO[C@@H]1C[C@]2(C)[C@@H](C3=CC(=O)OC3)CC[C@]2(OCOC)C2CC[C@]3(O)C[C@@H](C)C[C@H]4OC(C)(C)OC[C@]43C21. The fraction of sp³-hybridized carbons (Fsp3) is 0.900. The normalized spacial score (nSPS) is 50.1. The molecule has 12 aliphatic rings. The van der Waals surface area contributed by atoms with E-state index in [0.717, 1.165) is 56.3 Å². The number of fused-ring (bicyclic) bond motifs is 6. The third kappa shape index (κ3) is 8.90. The zero-order valence-electron chi connectivity index (χ0n) is 48.5. The largest absolute Gasteiger partial charge is 0.458 e. The van der Waals surface area contributed by atoms with E-state index in [-0.39, 0.29) is 92.4 Å². The second-order valence-corrected chi connectivity index (χ2v) is 27.4. The Balaban J connectivity index is 0.000000167. The van der Waals surface area contributed by atoms with E-state index in [1.165, 1.54) is 0 Å². The third-order valence-corrected chi connectivity index (χ3v) is 23.0. The van der Waals surface area contributed by atoms with Gasteiger partial charge >= 0.3 is 11.9 Å². The van der Waals surface area contributed by atoms with Crippen molar-refractivity contribution in [2.24, 2.45) is 63.1 Å². The van der Waals surface area contributed by atoms with Crippen LogP contribution in [0.4, 0.5) is 0 Å². The fourth-order valence-corrected chi connectivity index (χ4v) is 20.0. The van der Waals surface area contributed by atoms with Crippen LogP contribution >= 0.6 is 0 Å². The Hall–Kier alpha value is -2.14. The van der Waals surface area contributed by atoms with Gasteiger partial charge in [-0.25, -0.2) is 9.59 Å². The molecule has 8 saturated carbocycles. The summed E-state index contributed by atoms with van der Waals surface area (Å²) in [4.78, 5) is 23.9. The summed E-state index contributed by atoms with van der Waals surface area (Å²) in [5.74, 6) is -2.47. The Morgan fingerprint density at radius 1 is 0.628 bits per heavy atom. The summed E-state index contributed by atoms with van der Waals surface area (Å²) in [6, 6.07) is 0. The molecule has 8 aliphatic carbocycles. The average Bonchev–Trinajstić information content (AvgIpc) is 2.96. The first kappa shape index (κ1) is 59.0. The first-order chi connectivity index (χ1) is 36.7. The van der Waals surface area contributed by atoms with E-state index in [1.807, 2.05) is 41.5 Å². The van der Waals surface area contributed by atoms with Gasteiger partial charge in [0.15, 0.2) is 11.6 Å². The Morgan fingerprint density at radius 2 is 1.17 bits per heavy atom. The predicted octanol–water partition coefficient (Wildman–Crippen LogP) is 6.05. The molecule has 12 rings (SSSR count). The van der Waals surface area contributed by atoms with E-state index in [0.29, 0.717) is 64.1 Å². The van der Waals surface area contributed by atoms with Crippen molar-refractivity contribution in [3.63, 3.8) is 0 Å². The van der Waals surface area contributed by atoms with Crippen LogP contribution in [0.15, 0.2) is 23.3 Å². The van der Waals surface area contributed by atoms with Crippen molar-refractivity contribution in [1.29, 1.82) is 0 Å². The van der Waals surface area contributed by atoms with Gasteiger partial charge in [0.1, 0.15) is 26.8 Å². The summed E-state index contributed by atoms with van der Waals surface area (Å²) < 4.78 is 65.4. The van der Waals surface area contributed by atoms with Gasteiger partial charge in [-0.15, -0.1) is 0 Å². The maximum absolute atomic E-state index is 12.6. The molecular formula is C60H94O18. The van der Waals surface area contributed by atoms with Gasteiger partial charge in [0, 0.05) is 75.6 Å². The van der Waals surface area contributed by atoms with Gasteiger partial charge in [-0.2, -0.15) is 0 Å². The lowest BCUT2D eigenvalue weighted by Gasteiger charge is -2.71. The van der Waals surface area contributed by atoms with Gasteiger partial charge in [0.2, 0.25) is 0 Å². The van der Waals surface area contributed by atoms with Crippen LogP contribution in [-0.2, 0) is 61.7 Å². The molecule has 18 nitrogen and oxygen atoms in total. The molecule has 0 bridgehead atoms. The molecule has 2 saturated heterocycles. The molecule has 10 fully saturated rings. The summed E-state index contributed by atoms with van der Waals surface area (Å²) in [5, 5.41) is 59.6. The molecule has 4 aliphatic heterocycles. The predicted molar refractivity (Wildman–Crippen MR) is 281 cm³/mol. The van der Waals surface area contributed by atoms with E-state index in [4.69, 9.17) is 47.4 Å². The zero-order valence-corrected chi connectivity index (χ0v) is 48.5. The lowest BCUT2D eigenvalue weighted by Crippen LogP contribution is -2.78. The van der Waals surface area contributed by atoms with E-state index >= 15 is 0 Å². The van der Waals surface area contributed by atoms with E-state index in [9.17, 15) is 35.1 Å². The standard InChI is InChI=1S/C31H48O9.C26H38O8.C3H8O/c1-19-11-24-30(16-38-27(2,3)40-24)26-22(7-9-29(30,33)13-19)31(39-18-35-6)10-8-21(20-12-25(32)36-15-20)28(31,4)14-23(26)37-17-34-5;1-22(2)33-13-25-19(34-22)9-15(27)10-24(25,30)6-4-17-21(25)18(28)11-23(3)16(5-7-26(17,23)31)14-8-20(29)32-12-14;1-3-4-2/h12,19,21-24,26,33H,7-11,13-18H2,1-6H3;8,15-19,21,27-28,30-31H,4-7,9-13H2,1-3H3;3H2,1-2H3/t19-,21+,22?,23+,24+,26?,28+,29-,30+,31-;15-,16+,17?,18+,19+,21?,23+,24-,25+,26-;/m00./s1. The number of carbonyl (C=O) groups excluding carboxylic acids is 2. The number of hydrogen-bond donors (Lipinski definition) is 5. The molecule has 18 heteroatoms. The van der Waals surface area contributed by atoms with Crippen LogP contribution < -0.4 is 0 Å². The second-order valence-electron chi connectivity index (χ2n) is 27.4. The summed E-state index contributed by atoms with van der Waals surface area (Å²) in [6.07, 6.45) is 9.57. The van der Waals surface area contributed by atoms with Crippen LogP contribution in [0.2, 0.25) is 0 Å². The minimum Gasteiger partial charge on any atom is -0.458 e. The Labute approximate surface area is 461 Å². The molecule has 78 heavy (non-hydrogen) atoms. The minimum absolute atomic E-state index is 0.0420. The van der Waals surface area contributed by atoms with Crippen molar-refractivity contribution in [2.45, 2.75) is 210 Å². The van der Waals surface area contributed by atoms with E-state index in [2.05, 4.69) is 18.6 Å². The van der Waals surface area contributed by atoms with Crippen molar-refractivity contribution in [2.75, 3.05) is 67.9 Å². The number of esters is 2. The maximum Gasteiger partial charge on any atom is 0.331 e. The van der Waals surface area contributed by atoms with Crippen molar-refractivity contribution >= 4 is 11.9 Å². The first-order valence-corrected chi connectivity index (χ1v) is 29.4. The zero-order chi connectivity index (χ0) is 56.3. The van der Waals surface area contributed by atoms with Crippen molar-refractivity contribution in [3.8, 4) is 0 Å². The van der Waals surface area contributed by atoms with Gasteiger partial charge in [-0.1, -0.05) is 20.8 Å². The monoisotopic (exact) mass is 1100 g/mol. The van der Waals surface area contributed by atoms with Crippen molar-refractivity contribution in [3.05, 3.63) is 23.3 Å². The van der Waals surface area contributed by atoms with Crippen LogP contribution in [0.25, 0.3) is 0 Å². The summed E-state index contributed by atoms with van der Waals surface area (Å²) in [7, 11) is 4.99. The van der Waals surface area contributed by atoms with Crippen LogP contribution in [0.1, 0.15) is 145 Å². The smallest absolute Gasteiger partial charge is 0.331 e. The summed E-state index contributed by atoms with van der Waals surface area (Å²) >= 11 is 0. The van der Waals surface area contributed by atoms with Crippen LogP contribution in [-0.4, -0.2) is 170 Å². The highest BCUT2D eigenvalue weighted by molar-refractivity contribution is 5.86. The molecule has 0 aromatic heterocycles. The van der Waals surface area contributed by atoms with Gasteiger partial charge in [-0.3, -0.25) is 0 Å². The number of aliphatic hydroxyl groups excluding tert-OH is 2. The quantitative estimate of drug-likeness (QED) is 0.131. The van der Waals surface area contributed by atoms with Gasteiger partial charge in [0.05, 0.1) is 77.0 Å². The number of ether oxygens (including phenoxy) is 11. The molecule has 4 unspecified atom stereocenters. The number of hydrogen-bond acceptors (Lipinski definition) is 18. The third-order valence-electron chi connectivity index (χ3n) is 23.0. The molecule has 2 spiro atoms. The molecule has 0 amide bonds. The van der Waals surface area contributed by atoms with Crippen molar-refractivity contribution in [1.82, 2.24) is 0 Å². The lowest BCUT2D eigenvalue weighted by atomic mass is 9.39. The molecule has 0 aromatic carbocycles. The van der Waals surface area contributed by atoms with E-state index < -0.39 is 74.5 Å². The first-order valence-electron chi connectivity index (χ1n) is 29.4. The highest BCUT2D eigenvalue weighted by atomic mass is 16.7. The van der Waals surface area contributed by atoms with Gasteiger partial charge in [0.25, 0.3) is 0 Å². The molecule has 0 aromatic rings. The highest BCUT2D eigenvalue weighted by Gasteiger charge is 2.79. The number of carbonyl (C=O) groups is 2. The van der Waals surface area contributed by atoms with Gasteiger partial charge in [-0.05, 0) is 152 Å². The second kappa shape index (κ2) is 20.9. The molecular weight excluding hydrogens is 1010 g/mol. The topological polar surface area (TPSA) is 237 Å². The van der Waals surface area contributed by atoms with Crippen LogP contribution in [0.3, 0.4) is 0 Å². The molecule has 442 valence electrons. The maximum atomic E-state index is 12.6. The Morgan fingerprint density at radius 3 is 1.73 bits per heavy atom. The Kier molecular flexibility index (Phi) is 15.8.